The molecule has 0 aliphatic heterocycles. The maximum absolute atomic E-state index is 8.53. The number of aliphatic hydroxyl groups is 1. The Morgan fingerprint density at radius 3 is 2.57 bits per heavy atom. The zero-order chi connectivity index (χ0) is 5.70. The summed E-state index contributed by atoms with van der Waals surface area (Å²) in [5, 5.41) is 8.53. The Hall–Kier alpha value is 0.270. The fraction of sp³-hybridized carbons (Fsp3) is 0.600. The van der Waals surface area contributed by atoms with Crippen molar-refractivity contribution in [2.24, 2.45) is 0 Å². The van der Waals surface area contributed by atoms with E-state index in [0.29, 0.717) is 3.77 Å². The summed E-state index contributed by atoms with van der Waals surface area (Å²) in [6.07, 6.45) is 3.89. The predicted octanol–water partition coefficient (Wildman–Crippen LogP) is 2.62. The number of unbranched alkanes of at least 4 members (excludes halogenated alkanes) is 1. The van der Waals surface area contributed by atoms with Crippen LogP contribution in [-0.4, -0.2) is 5.11 Å². The van der Waals surface area contributed by atoms with Gasteiger partial charge in [-0.15, -0.1) is 0 Å². The maximum atomic E-state index is 8.53. The Morgan fingerprint density at radius 1 is 1.86 bits per heavy atom. The molecule has 42 valence electrons. The van der Waals surface area contributed by atoms with Gasteiger partial charge in [-0.3, -0.25) is 0 Å². The van der Waals surface area contributed by atoms with Gasteiger partial charge < -0.3 is 5.11 Å². The van der Waals surface area contributed by atoms with Crippen LogP contribution in [0.1, 0.15) is 19.8 Å². The van der Waals surface area contributed by atoms with E-state index >= 15 is 0 Å². The van der Waals surface area contributed by atoms with E-state index in [-0.39, 0.29) is 0 Å². The maximum Gasteiger partial charge on any atom is 0.149 e. The van der Waals surface area contributed by atoms with Gasteiger partial charge in [-0.25, -0.2) is 0 Å². The van der Waals surface area contributed by atoms with Crippen LogP contribution in [0.15, 0.2) is 9.84 Å². The largest absolute Gasteiger partial charge is 0.503 e. The fourth-order valence-electron chi connectivity index (χ4n) is 0.263. The molecule has 0 aromatic rings. The minimum atomic E-state index is 0.402. The Balaban J connectivity index is 3.08. The van der Waals surface area contributed by atoms with E-state index in [1.54, 1.807) is 6.08 Å². The summed E-state index contributed by atoms with van der Waals surface area (Å²) >= 11 is 1.88. The highest BCUT2D eigenvalue weighted by atomic mass is 127. The number of allylic oxidation sites excluding steroid dienone is 1. The van der Waals surface area contributed by atoms with E-state index in [9.17, 15) is 0 Å². The Morgan fingerprint density at radius 2 is 2.43 bits per heavy atom. The van der Waals surface area contributed by atoms with Gasteiger partial charge >= 0.3 is 0 Å². The number of hydrogen-bond acceptors (Lipinski definition) is 1. The number of aliphatic hydroxyl groups excluding tert-OH is 1. The minimum Gasteiger partial charge on any atom is -0.503 e. The monoisotopic (exact) mass is 212 g/mol. The van der Waals surface area contributed by atoms with Crippen molar-refractivity contribution >= 4 is 22.6 Å². The van der Waals surface area contributed by atoms with Gasteiger partial charge in [-0.1, -0.05) is 13.3 Å². The van der Waals surface area contributed by atoms with Gasteiger partial charge in [0.05, 0.1) is 0 Å². The summed E-state index contributed by atoms with van der Waals surface area (Å²) in [5.74, 6) is 0. The van der Waals surface area contributed by atoms with E-state index in [1.165, 1.54) is 0 Å². The molecule has 0 radical (unpaired) electrons. The second kappa shape index (κ2) is 4.43. The SMILES string of the molecule is CCCC=C(O)I. The molecular weight excluding hydrogens is 203 g/mol. The Labute approximate surface area is 57.6 Å². The molecule has 7 heavy (non-hydrogen) atoms. The number of halogens is 1. The molecule has 0 rings (SSSR count). The molecule has 0 aromatic carbocycles. The molecule has 0 atom stereocenters. The molecule has 0 aliphatic carbocycles. The normalized spacial score (nSPS) is 12.0. The van der Waals surface area contributed by atoms with E-state index in [4.69, 9.17) is 5.11 Å². The molecule has 0 saturated carbocycles. The highest BCUT2D eigenvalue weighted by molar-refractivity contribution is 14.1. The third-order valence-corrected chi connectivity index (χ3v) is 1.04. The first kappa shape index (κ1) is 7.27. The molecule has 0 spiro atoms. The minimum absolute atomic E-state index is 0.402. The molecular formula is C5H9IO. The molecule has 0 unspecified atom stereocenters. The zero-order valence-corrected chi connectivity index (χ0v) is 6.47. The van der Waals surface area contributed by atoms with Gasteiger partial charge in [0, 0.05) is 0 Å². The summed E-state index contributed by atoms with van der Waals surface area (Å²) in [7, 11) is 0. The Kier molecular flexibility index (Phi) is 4.60. The van der Waals surface area contributed by atoms with Crippen molar-refractivity contribution in [3.8, 4) is 0 Å². The third-order valence-electron chi connectivity index (χ3n) is 0.601. The average Bonchev–Trinajstić information content (AvgIpc) is 1.61. The summed E-state index contributed by atoms with van der Waals surface area (Å²) in [6, 6.07) is 0. The van der Waals surface area contributed by atoms with Crippen molar-refractivity contribution in [3.05, 3.63) is 9.84 Å². The van der Waals surface area contributed by atoms with Crippen LogP contribution in [0.25, 0.3) is 0 Å². The summed E-state index contributed by atoms with van der Waals surface area (Å²) in [4.78, 5) is 0. The van der Waals surface area contributed by atoms with Crippen molar-refractivity contribution in [1.29, 1.82) is 0 Å². The number of hydrogen-bond donors (Lipinski definition) is 1. The third kappa shape index (κ3) is 6.27. The lowest BCUT2D eigenvalue weighted by atomic mass is 10.3. The molecule has 0 saturated heterocycles. The average molecular weight is 212 g/mol. The van der Waals surface area contributed by atoms with Crippen LogP contribution in [0.2, 0.25) is 0 Å². The first-order valence-corrected chi connectivity index (χ1v) is 3.40. The molecule has 0 amide bonds. The molecule has 1 nitrogen and oxygen atoms in total. The quantitative estimate of drug-likeness (QED) is 0.551. The van der Waals surface area contributed by atoms with E-state index in [1.807, 2.05) is 22.6 Å². The van der Waals surface area contributed by atoms with Crippen molar-refractivity contribution < 1.29 is 5.11 Å². The van der Waals surface area contributed by atoms with E-state index in [2.05, 4.69) is 6.92 Å². The van der Waals surface area contributed by atoms with Crippen molar-refractivity contribution in [2.45, 2.75) is 19.8 Å². The first-order valence-electron chi connectivity index (χ1n) is 2.32. The highest BCUT2D eigenvalue weighted by Gasteiger charge is 1.77. The molecule has 0 aliphatic rings. The van der Waals surface area contributed by atoms with Gasteiger partial charge in [0.1, 0.15) is 3.77 Å². The summed E-state index contributed by atoms with van der Waals surface area (Å²) in [6.45, 7) is 2.08. The van der Waals surface area contributed by atoms with Crippen LogP contribution < -0.4 is 0 Å². The fourth-order valence-corrected chi connectivity index (χ4v) is 0.575. The second-order valence-corrected chi connectivity index (χ2v) is 2.42. The Bertz CT molecular complexity index is 64.5. The van der Waals surface area contributed by atoms with Crippen molar-refractivity contribution in [1.82, 2.24) is 0 Å². The zero-order valence-electron chi connectivity index (χ0n) is 4.32. The lowest BCUT2D eigenvalue weighted by Crippen LogP contribution is -1.64. The van der Waals surface area contributed by atoms with Crippen LogP contribution in [0.3, 0.4) is 0 Å². The smallest absolute Gasteiger partial charge is 0.149 e. The van der Waals surface area contributed by atoms with Gasteiger partial charge in [-0.05, 0) is 35.1 Å². The van der Waals surface area contributed by atoms with Crippen LogP contribution in [0.4, 0.5) is 0 Å². The first-order chi connectivity index (χ1) is 3.27. The van der Waals surface area contributed by atoms with Crippen LogP contribution in [0.5, 0.6) is 0 Å². The van der Waals surface area contributed by atoms with Crippen LogP contribution in [0, 0.1) is 0 Å². The predicted molar refractivity (Wildman–Crippen MR) is 39.6 cm³/mol. The van der Waals surface area contributed by atoms with Gasteiger partial charge in [-0.2, -0.15) is 0 Å². The summed E-state index contributed by atoms with van der Waals surface area (Å²) in [5.41, 5.74) is 0. The molecule has 0 heterocycles. The molecule has 2 heteroatoms. The van der Waals surface area contributed by atoms with Gasteiger partial charge in [0.25, 0.3) is 0 Å². The highest BCUT2D eigenvalue weighted by Crippen LogP contribution is 2.01. The van der Waals surface area contributed by atoms with E-state index < -0.39 is 0 Å². The van der Waals surface area contributed by atoms with E-state index in [0.717, 1.165) is 12.8 Å². The summed E-state index contributed by atoms with van der Waals surface area (Å²) < 4.78 is 0.402. The second-order valence-electron chi connectivity index (χ2n) is 1.32. The molecule has 0 aromatic heterocycles. The lowest BCUT2D eigenvalue weighted by molar-refractivity contribution is 0.462. The van der Waals surface area contributed by atoms with Crippen LogP contribution in [-0.2, 0) is 0 Å². The molecule has 0 fully saturated rings. The standard InChI is InChI=1S/C5H9IO/c1-2-3-4-5(6)7/h4,7H,2-3H2,1H3. The van der Waals surface area contributed by atoms with Crippen molar-refractivity contribution in [2.75, 3.05) is 0 Å². The van der Waals surface area contributed by atoms with Crippen molar-refractivity contribution in [3.63, 3.8) is 0 Å². The topological polar surface area (TPSA) is 20.2 Å². The molecule has 0 bridgehead atoms. The van der Waals surface area contributed by atoms with Crippen LogP contribution >= 0.6 is 22.6 Å². The van der Waals surface area contributed by atoms with Gasteiger partial charge in [0.2, 0.25) is 0 Å². The molecule has 1 N–H and O–H groups in total. The van der Waals surface area contributed by atoms with Gasteiger partial charge in [0.15, 0.2) is 0 Å². The lowest BCUT2D eigenvalue weighted by Gasteiger charge is -1.82. The number of rotatable bonds is 2.